The molecule has 76 valence electrons. The summed E-state index contributed by atoms with van der Waals surface area (Å²) in [7, 11) is 1.61. The van der Waals surface area contributed by atoms with Gasteiger partial charge >= 0.3 is 0 Å². The van der Waals surface area contributed by atoms with Crippen molar-refractivity contribution in [3.63, 3.8) is 0 Å². The Morgan fingerprint density at radius 2 is 2.23 bits per heavy atom. The third kappa shape index (κ3) is 2.30. The molecule has 0 radical (unpaired) electrons. The summed E-state index contributed by atoms with van der Waals surface area (Å²) in [5, 5.41) is 9.74. The van der Waals surface area contributed by atoms with E-state index in [4.69, 9.17) is 9.47 Å². The van der Waals surface area contributed by atoms with Crippen molar-refractivity contribution < 1.29 is 14.6 Å². The summed E-state index contributed by atoms with van der Waals surface area (Å²) >= 11 is 0. The van der Waals surface area contributed by atoms with Gasteiger partial charge in [0.05, 0.1) is 11.7 Å². The Balaban J connectivity index is 2.74. The van der Waals surface area contributed by atoms with E-state index in [-0.39, 0.29) is 17.8 Å². The van der Waals surface area contributed by atoms with Crippen LogP contribution in [0.1, 0.15) is 20.3 Å². The second-order valence-electron chi connectivity index (χ2n) is 4.05. The Labute approximate surface area is 79.3 Å². The predicted octanol–water partition coefficient (Wildman–Crippen LogP) is 1.12. The quantitative estimate of drug-likeness (QED) is 0.657. The molecule has 3 heteroatoms. The average molecular weight is 186 g/mol. The third-order valence-corrected chi connectivity index (χ3v) is 2.40. The lowest BCUT2D eigenvalue weighted by atomic mass is 9.90. The van der Waals surface area contributed by atoms with Crippen LogP contribution in [0.4, 0.5) is 0 Å². The van der Waals surface area contributed by atoms with Crippen molar-refractivity contribution in [3.8, 4) is 0 Å². The van der Waals surface area contributed by atoms with Crippen LogP contribution in [-0.4, -0.2) is 36.1 Å². The van der Waals surface area contributed by atoms with Gasteiger partial charge in [0.2, 0.25) is 0 Å². The molecule has 3 nitrogen and oxygen atoms in total. The fourth-order valence-corrected chi connectivity index (χ4v) is 1.71. The van der Waals surface area contributed by atoms with Gasteiger partial charge in [-0.1, -0.05) is 6.08 Å². The highest BCUT2D eigenvalue weighted by Gasteiger charge is 2.40. The molecule has 0 bridgehead atoms. The van der Waals surface area contributed by atoms with E-state index in [0.717, 1.165) is 0 Å². The van der Waals surface area contributed by atoms with Gasteiger partial charge in [-0.3, -0.25) is 0 Å². The second kappa shape index (κ2) is 3.78. The first-order valence-corrected chi connectivity index (χ1v) is 4.51. The first-order valence-electron chi connectivity index (χ1n) is 4.51. The van der Waals surface area contributed by atoms with E-state index >= 15 is 0 Å². The molecule has 0 spiro atoms. The molecule has 0 amide bonds. The highest BCUT2D eigenvalue weighted by molar-refractivity contribution is 4.98. The summed E-state index contributed by atoms with van der Waals surface area (Å²) < 4.78 is 10.8. The monoisotopic (exact) mass is 186 g/mol. The largest absolute Gasteiger partial charge is 0.387 e. The molecule has 3 unspecified atom stereocenters. The van der Waals surface area contributed by atoms with Crippen LogP contribution in [0, 0.1) is 0 Å². The van der Waals surface area contributed by atoms with E-state index in [2.05, 4.69) is 6.58 Å². The van der Waals surface area contributed by atoms with Crippen LogP contribution in [0.5, 0.6) is 0 Å². The molecule has 0 aromatic heterocycles. The molecule has 1 saturated heterocycles. The van der Waals surface area contributed by atoms with E-state index < -0.39 is 6.10 Å². The summed E-state index contributed by atoms with van der Waals surface area (Å²) in [4.78, 5) is 0. The van der Waals surface area contributed by atoms with Gasteiger partial charge < -0.3 is 14.6 Å². The van der Waals surface area contributed by atoms with Gasteiger partial charge in [0.1, 0.15) is 12.2 Å². The molecule has 1 N–H and O–H groups in total. The Hall–Kier alpha value is -0.380. The normalized spacial score (nSPS) is 38.6. The minimum absolute atomic E-state index is 0.160. The van der Waals surface area contributed by atoms with Crippen molar-refractivity contribution in [3.05, 3.63) is 12.7 Å². The van der Waals surface area contributed by atoms with Crippen LogP contribution in [-0.2, 0) is 9.47 Å². The maximum Gasteiger partial charge on any atom is 0.110 e. The van der Waals surface area contributed by atoms with Crippen LogP contribution in [0.15, 0.2) is 12.7 Å². The van der Waals surface area contributed by atoms with Crippen LogP contribution >= 0.6 is 0 Å². The fourth-order valence-electron chi connectivity index (χ4n) is 1.71. The Morgan fingerprint density at radius 1 is 1.62 bits per heavy atom. The second-order valence-corrected chi connectivity index (χ2v) is 4.05. The number of aliphatic hydroxyl groups excluding tert-OH is 1. The zero-order valence-corrected chi connectivity index (χ0v) is 8.49. The Bertz CT molecular complexity index is 189. The van der Waals surface area contributed by atoms with Gasteiger partial charge in [-0.05, 0) is 13.8 Å². The number of methoxy groups -OCH3 is 1. The summed E-state index contributed by atoms with van der Waals surface area (Å²) in [6.45, 7) is 7.60. The fraction of sp³-hybridized carbons (Fsp3) is 0.800. The summed E-state index contributed by atoms with van der Waals surface area (Å²) in [5.74, 6) is 0. The van der Waals surface area contributed by atoms with Gasteiger partial charge in [-0.2, -0.15) is 0 Å². The molecule has 0 aromatic carbocycles. The lowest BCUT2D eigenvalue weighted by Gasteiger charge is -2.42. The number of hydrogen-bond donors (Lipinski definition) is 1. The van der Waals surface area contributed by atoms with Crippen LogP contribution < -0.4 is 0 Å². The van der Waals surface area contributed by atoms with Crippen LogP contribution in [0.25, 0.3) is 0 Å². The van der Waals surface area contributed by atoms with Crippen molar-refractivity contribution in [2.24, 2.45) is 0 Å². The van der Waals surface area contributed by atoms with Crippen molar-refractivity contribution in [2.75, 3.05) is 7.11 Å². The lowest BCUT2D eigenvalue weighted by Crippen LogP contribution is -2.52. The third-order valence-electron chi connectivity index (χ3n) is 2.40. The molecular formula is C10H18O3. The topological polar surface area (TPSA) is 38.7 Å². The highest BCUT2D eigenvalue weighted by Crippen LogP contribution is 2.30. The summed E-state index contributed by atoms with van der Waals surface area (Å²) in [6, 6.07) is 0. The van der Waals surface area contributed by atoms with E-state index in [0.29, 0.717) is 6.42 Å². The van der Waals surface area contributed by atoms with Gasteiger partial charge in [0, 0.05) is 13.5 Å². The molecule has 1 aliphatic heterocycles. The van der Waals surface area contributed by atoms with Crippen molar-refractivity contribution >= 4 is 0 Å². The van der Waals surface area contributed by atoms with Crippen molar-refractivity contribution in [1.29, 1.82) is 0 Å². The molecule has 1 fully saturated rings. The SMILES string of the molecule is C=CC1OC(C)(C)CC(OC)C1O. The minimum atomic E-state index is -0.601. The maximum atomic E-state index is 9.74. The van der Waals surface area contributed by atoms with E-state index in [1.807, 2.05) is 13.8 Å². The Kier molecular flexibility index (Phi) is 3.11. The first-order chi connectivity index (χ1) is 6.00. The number of ether oxygens (including phenoxy) is 2. The van der Waals surface area contributed by atoms with Crippen molar-refractivity contribution in [1.82, 2.24) is 0 Å². The van der Waals surface area contributed by atoms with Crippen LogP contribution in [0.2, 0.25) is 0 Å². The highest BCUT2D eigenvalue weighted by atomic mass is 16.5. The number of aliphatic hydroxyl groups is 1. The molecule has 0 aliphatic carbocycles. The zero-order valence-electron chi connectivity index (χ0n) is 8.49. The molecule has 0 saturated carbocycles. The molecule has 13 heavy (non-hydrogen) atoms. The van der Waals surface area contributed by atoms with Gasteiger partial charge in [0.15, 0.2) is 0 Å². The lowest BCUT2D eigenvalue weighted by molar-refractivity contribution is -0.193. The standard InChI is InChI=1S/C10H18O3/c1-5-7-9(11)8(12-4)6-10(2,3)13-7/h5,7-9,11H,1,6H2,2-4H3. The van der Waals surface area contributed by atoms with Crippen molar-refractivity contribution in [2.45, 2.75) is 44.2 Å². The number of rotatable bonds is 2. The molecule has 1 aliphatic rings. The first kappa shape index (κ1) is 10.7. The summed E-state index contributed by atoms with van der Waals surface area (Å²) in [5.41, 5.74) is -0.251. The predicted molar refractivity (Wildman–Crippen MR) is 50.6 cm³/mol. The van der Waals surface area contributed by atoms with E-state index in [1.54, 1.807) is 13.2 Å². The Morgan fingerprint density at radius 3 is 2.69 bits per heavy atom. The van der Waals surface area contributed by atoms with E-state index in [9.17, 15) is 5.11 Å². The average Bonchev–Trinajstić information content (AvgIpc) is 2.08. The molecule has 1 heterocycles. The molecule has 0 aromatic rings. The van der Waals surface area contributed by atoms with Crippen LogP contribution in [0.3, 0.4) is 0 Å². The maximum absolute atomic E-state index is 9.74. The number of hydrogen-bond acceptors (Lipinski definition) is 3. The molecular weight excluding hydrogens is 168 g/mol. The van der Waals surface area contributed by atoms with E-state index in [1.165, 1.54) is 0 Å². The smallest absolute Gasteiger partial charge is 0.110 e. The molecule has 1 rings (SSSR count). The van der Waals surface area contributed by atoms with Gasteiger partial charge in [-0.15, -0.1) is 6.58 Å². The summed E-state index contributed by atoms with van der Waals surface area (Å²) in [6.07, 6.45) is 1.24. The van der Waals surface area contributed by atoms with Gasteiger partial charge in [0.25, 0.3) is 0 Å². The minimum Gasteiger partial charge on any atom is -0.387 e. The zero-order chi connectivity index (χ0) is 10.1. The van der Waals surface area contributed by atoms with Gasteiger partial charge in [-0.25, -0.2) is 0 Å². The molecule has 3 atom stereocenters.